The maximum atomic E-state index is 12.7. The number of halogens is 4. The summed E-state index contributed by atoms with van der Waals surface area (Å²) in [5.74, 6) is 0.547. The molecule has 0 spiro atoms. The van der Waals surface area contributed by atoms with Crippen molar-refractivity contribution in [3.63, 3.8) is 0 Å². The van der Waals surface area contributed by atoms with Gasteiger partial charge in [0.1, 0.15) is 5.01 Å². The Hall–Kier alpha value is -1.40. The van der Waals surface area contributed by atoms with E-state index >= 15 is 0 Å². The van der Waals surface area contributed by atoms with Gasteiger partial charge >= 0.3 is 6.18 Å². The molecule has 5 nitrogen and oxygen atoms in total. The van der Waals surface area contributed by atoms with Crippen LogP contribution in [-0.2, 0) is 12.7 Å². The number of hydrogen-bond acceptors (Lipinski definition) is 4. The summed E-state index contributed by atoms with van der Waals surface area (Å²) < 4.78 is 38.0. The van der Waals surface area contributed by atoms with Crippen molar-refractivity contribution in [2.24, 2.45) is 4.99 Å². The van der Waals surface area contributed by atoms with Crippen LogP contribution in [0.4, 0.5) is 13.2 Å². The van der Waals surface area contributed by atoms with Gasteiger partial charge < -0.3 is 15.5 Å². The standard InChI is InChI=1S/C19H26F3N5S.HI/c1-5-23-18(25-11-17-26-16(12-28-17)19(20,21)22)24-10-15(27(3)4)14-8-6-13(2)7-9-14;/h6-9,12,15H,5,10-11H2,1-4H3,(H2,23,24,25);1H. The first-order chi connectivity index (χ1) is 13.2. The molecular formula is C19H27F3IN5S. The van der Waals surface area contributed by atoms with E-state index in [2.05, 4.69) is 49.8 Å². The van der Waals surface area contributed by atoms with Crippen LogP contribution in [0.15, 0.2) is 34.6 Å². The van der Waals surface area contributed by atoms with Gasteiger partial charge in [-0.15, -0.1) is 35.3 Å². The summed E-state index contributed by atoms with van der Waals surface area (Å²) in [7, 11) is 4.01. The second kappa shape index (κ2) is 11.7. The maximum absolute atomic E-state index is 12.7. The predicted molar refractivity (Wildman–Crippen MR) is 123 cm³/mol. The van der Waals surface area contributed by atoms with E-state index in [1.165, 1.54) is 11.1 Å². The first kappa shape index (κ1) is 25.6. The molecular weight excluding hydrogens is 514 g/mol. The molecule has 0 fully saturated rings. The Balaban J connectivity index is 0.00000420. The highest BCUT2D eigenvalue weighted by atomic mass is 127. The molecule has 0 aliphatic rings. The summed E-state index contributed by atoms with van der Waals surface area (Å²) in [6.07, 6.45) is -4.42. The second-order valence-corrected chi connectivity index (χ2v) is 7.53. The number of alkyl halides is 3. The van der Waals surface area contributed by atoms with Crippen LogP contribution < -0.4 is 10.6 Å². The van der Waals surface area contributed by atoms with Crippen LogP contribution in [0.5, 0.6) is 0 Å². The number of guanidine groups is 1. The highest BCUT2D eigenvalue weighted by Gasteiger charge is 2.33. The lowest BCUT2D eigenvalue weighted by Gasteiger charge is -2.26. The zero-order chi connectivity index (χ0) is 20.7. The Kier molecular flexibility index (Phi) is 10.3. The molecule has 2 N–H and O–H groups in total. The van der Waals surface area contributed by atoms with Gasteiger partial charge in [0.2, 0.25) is 0 Å². The number of rotatable bonds is 7. The molecule has 162 valence electrons. The third-order valence-electron chi connectivity index (χ3n) is 4.11. The van der Waals surface area contributed by atoms with Crippen molar-refractivity contribution in [3.05, 3.63) is 51.5 Å². The molecule has 0 aliphatic heterocycles. The monoisotopic (exact) mass is 541 g/mol. The molecule has 0 saturated heterocycles. The van der Waals surface area contributed by atoms with E-state index in [0.29, 0.717) is 24.1 Å². The van der Waals surface area contributed by atoms with Gasteiger partial charge in [-0.05, 0) is 33.5 Å². The van der Waals surface area contributed by atoms with Gasteiger partial charge in [-0.3, -0.25) is 0 Å². The van der Waals surface area contributed by atoms with Crippen LogP contribution in [-0.4, -0.2) is 43.0 Å². The largest absolute Gasteiger partial charge is 0.434 e. The Morgan fingerprint density at radius 1 is 1.21 bits per heavy atom. The molecule has 0 saturated carbocycles. The molecule has 0 bridgehead atoms. The molecule has 1 aromatic carbocycles. The Labute approximate surface area is 190 Å². The van der Waals surface area contributed by atoms with Gasteiger partial charge in [-0.25, -0.2) is 9.98 Å². The van der Waals surface area contributed by atoms with Gasteiger partial charge in [0.25, 0.3) is 0 Å². The van der Waals surface area contributed by atoms with Crippen LogP contribution in [0, 0.1) is 6.92 Å². The van der Waals surface area contributed by atoms with Gasteiger partial charge in [-0.1, -0.05) is 29.8 Å². The Morgan fingerprint density at radius 2 is 1.86 bits per heavy atom. The second-order valence-electron chi connectivity index (χ2n) is 6.59. The van der Waals surface area contributed by atoms with E-state index < -0.39 is 11.9 Å². The normalized spacial score (nSPS) is 13.2. The third-order valence-corrected chi connectivity index (χ3v) is 4.94. The molecule has 1 heterocycles. The number of aryl methyl sites for hydroxylation is 1. The van der Waals surface area contributed by atoms with Crippen LogP contribution in [0.1, 0.15) is 34.8 Å². The minimum absolute atomic E-state index is 0. The van der Waals surface area contributed by atoms with Crippen LogP contribution >= 0.6 is 35.3 Å². The lowest BCUT2D eigenvalue weighted by molar-refractivity contribution is -0.140. The number of hydrogen-bond donors (Lipinski definition) is 2. The molecule has 1 aromatic heterocycles. The van der Waals surface area contributed by atoms with Gasteiger partial charge in [-0.2, -0.15) is 13.2 Å². The number of benzene rings is 1. The van der Waals surface area contributed by atoms with Crippen molar-refractivity contribution < 1.29 is 13.2 Å². The van der Waals surface area contributed by atoms with Crippen molar-refractivity contribution in [1.29, 1.82) is 0 Å². The Bertz CT molecular complexity index is 775. The summed E-state index contributed by atoms with van der Waals surface area (Å²) in [4.78, 5) is 10.1. The minimum Gasteiger partial charge on any atom is -0.357 e. The molecule has 29 heavy (non-hydrogen) atoms. The van der Waals surface area contributed by atoms with Gasteiger partial charge in [0.15, 0.2) is 11.7 Å². The first-order valence-electron chi connectivity index (χ1n) is 8.97. The number of aromatic nitrogens is 1. The average Bonchev–Trinajstić information content (AvgIpc) is 3.10. The summed E-state index contributed by atoms with van der Waals surface area (Å²) in [6.45, 7) is 5.33. The first-order valence-corrected chi connectivity index (χ1v) is 9.85. The lowest BCUT2D eigenvalue weighted by Crippen LogP contribution is -2.41. The Morgan fingerprint density at radius 3 is 2.38 bits per heavy atom. The fourth-order valence-corrected chi connectivity index (χ4v) is 3.31. The van der Waals surface area contributed by atoms with E-state index in [1.807, 2.05) is 27.9 Å². The van der Waals surface area contributed by atoms with Crippen LogP contribution in [0.3, 0.4) is 0 Å². The third kappa shape index (κ3) is 8.09. The summed E-state index contributed by atoms with van der Waals surface area (Å²) in [5.41, 5.74) is 1.51. The van der Waals surface area contributed by atoms with Crippen molar-refractivity contribution in [3.8, 4) is 0 Å². The minimum atomic E-state index is -4.42. The molecule has 0 aliphatic carbocycles. The maximum Gasteiger partial charge on any atom is 0.434 e. The van der Waals surface area contributed by atoms with Gasteiger partial charge in [0.05, 0.1) is 12.6 Å². The summed E-state index contributed by atoms with van der Waals surface area (Å²) >= 11 is 0.962. The number of thiazole rings is 1. The number of nitrogens with one attached hydrogen (secondary N) is 2. The molecule has 10 heteroatoms. The lowest BCUT2D eigenvalue weighted by atomic mass is 10.0. The van der Waals surface area contributed by atoms with Crippen LogP contribution in [0.2, 0.25) is 0 Å². The fourth-order valence-electron chi connectivity index (χ4n) is 2.58. The van der Waals surface area contributed by atoms with Crippen molar-refractivity contribution in [2.75, 3.05) is 27.2 Å². The van der Waals surface area contributed by atoms with E-state index in [-0.39, 0.29) is 36.6 Å². The van der Waals surface area contributed by atoms with Crippen molar-refractivity contribution >= 4 is 41.3 Å². The van der Waals surface area contributed by atoms with Gasteiger partial charge in [0, 0.05) is 18.5 Å². The van der Waals surface area contributed by atoms with E-state index in [9.17, 15) is 13.2 Å². The SMILES string of the molecule is CCNC(=NCc1nc(C(F)(F)F)cs1)NCC(c1ccc(C)cc1)N(C)C.I. The fraction of sp³-hybridized carbons (Fsp3) is 0.474. The van der Waals surface area contributed by atoms with Crippen molar-refractivity contribution in [2.45, 2.75) is 32.6 Å². The molecule has 1 unspecified atom stereocenters. The number of aliphatic imine (C=N–C) groups is 1. The van der Waals surface area contributed by atoms with Crippen LogP contribution in [0.25, 0.3) is 0 Å². The van der Waals surface area contributed by atoms with E-state index in [0.717, 1.165) is 16.7 Å². The smallest absolute Gasteiger partial charge is 0.357 e. The molecule has 0 radical (unpaired) electrons. The molecule has 1 atom stereocenters. The highest BCUT2D eigenvalue weighted by molar-refractivity contribution is 14.0. The molecule has 2 rings (SSSR count). The zero-order valence-corrected chi connectivity index (χ0v) is 20.0. The average molecular weight is 541 g/mol. The molecule has 0 amide bonds. The number of likely N-dealkylation sites (N-methyl/N-ethyl adjacent to an activating group) is 1. The summed E-state index contributed by atoms with van der Waals surface area (Å²) in [6, 6.07) is 8.47. The zero-order valence-electron chi connectivity index (χ0n) is 16.9. The number of nitrogens with zero attached hydrogens (tertiary/aromatic N) is 3. The topological polar surface area (TPSA) is 52.6 Å². The summed E-state index contributed by atoms with van der Waals surface area (Å²) in [5, 5.41) is 7.74. The molecule has 2 aromatic rings. The van der Waals surface area contributed by atoms with E-state index in [1.54, 1.807) is 0 Å². The van der Waals surface area contributed by atoms with E-state index in [4.69, 9.17) is 0 Å². The predicted octanol–water partition coefficient (Wildman–Crippen LogP) is 4.45. The highest BCUT2D eigenvalue weighted by Crippen LogP contribution is 2.30. The quantitative estimate of drug-likeness (QED) is 0.309. The van der Waals surface area contributed by atoms with Crippen molar-refractivity contribution in [1.82, 2.24) is 20.5 Å².